The first-order chi connectivity index (χ1) is 20.7. The molecule has 8 aromatic rings. The SMILES string of the molecule is N#Cc1ccc(-c2ccc3ccc(-c4ccc5cc(-c6ccc7ccc8cccnc8c7n6)ccc5c4)cc3c2)cc1. The summed E-state index contributed by atoms with van der Waals surface area (Å²) >= 11 is 0. The zero-order valence-corrected chi connectivity index (χ0v) is 22.6. The van der Waals surface area contributed by atoms with Crippen LogP contribution in [0.25, 0.3) is 76.9 Å². The Hall–Kier alpha value is -5.85. The predicted molar refractivity (Wildman–Crippen MR) is 173 cm³/mol. The number of aromatic nitrogens is 2. The number of hydrogen-bond acceptors (Lipinski definition) is 3. The predicted octanol–water partition coefficient (Wildman–Crippen LogP) is 9.96. The van der Waals surface area contributed by atoms with E-state index < -0.39 is 0 Å². The lowest BCUT2D eigenvalue weighted by Gasteiger charge is -2.10. The molecule has 3 nitrogen and oxygen atoms in total. The van der Waals surface area contributed by atoms with Crippen LogP contribution in [0.3, 0.4) is 0 Å². The summed E-state index contributed by atoms with van der Waals surface area (Å²) in [5.74, 6) is 0. The monoisotopic (exact) mass is 533 g/mol. The second-order valence-corrected chi connectivity index (χ2v) is 10.7. The molecule has 0 aliphatic carbocycles. The van der Waals surface area contributed by atoms with Crippen LogP contribution in [0.2, 0.25) is 0 Å². The molecule has 0 spiro atoms. The smallest absolute Gasteiger partial charge is 0.0991 e. The average Bonchev–Trinajstić information content (AvgIpc) is 3.07. The molecule has 0 N–H and O–H groups in total. The van der Waals surface area contributed by atoms with E-state index in [0.29, 0.717) is 5.56 Å². The Labute approximate surface area is 243 Å². The molecule has 0 radical (unpaired) electrons. The molecule has 0 amide bonds. The van der Waals surface area contributed by atoms with E-state index in [1.165, 1.54) is 32.7 Å². The molecule has 6 aromatic carbocycles. The minimum Gasteiger partial charge on any atom is -0.254 e. The molecular weight excluding hydrogens is 510 g/mol. The van der Waals surface area contributed by atoms with Crippen LogP contribution in [0.4, 0.5) is 0 Å². The summed E-state index contributed by atoms with van der Waals surface area (Å²) in [7, 11) is 0. The molecule has 0 atom stereocenters. The summed E-state index contributed by atoms with van der Waals surface area (Å²) in [6, 6.07) is 48.8. The quantitative estimate of drug-likeness (QED) is 0.212. The molecular formula is C39H23N3. The van der Waals surface area contributed by atoms with E-state index in [9.17, 15) is 0 Å². The van der Waals surface area contributed by atoms with Gasteiger partial charge in [-0.05, 0) is 92.3 Å². The van der Waals surface area contributed by atoms with Crippen LogP contribution in [0.5, 0.6) is 0 Å². The van der Waals surface area contributed by atoms with Crippen LogP contribution >= 0.6 is 0 Å². The molecule has 2 heterocycles. The van der Waals surface area contributed by atoms with Gasteiger partial charge in [-0.3, -0.25) is 4.98 Å². The van der Waals surface area contributed by atoms with Crippen LogP contribution in [0.1, 0.15) is 5.56 Å². The summed E-state index contributed by atoms with van der Waals surface area (Å²) in [4.78, 5) is 9.64. The van der Waals surface area contributed by atoms with Crippen molar-refractivity contribution in [2.24, 2.45) is 0 Å². The van der Waals surface area contributed by atoms with Crippen LogP contribution in [-0.2, 0) is 0 Å². The van der Waals surface area contributed by atoms with Crippen molar-refractivity contribution < 1.29 is 0 Å². The first kappa shape index (κ1) is 24.0. The largest absolute Gasteiger partial charge is 0.254 e. The Kier molecular flexibility index (Phi) is 5.52. The van der Waals surface area contributed by atoms with Crippen molar-refractivity contribution in [3.8, 4) is 39.6 Å². The molecule has 3 heteroatoms. The summed E-state index contributed by atoms with van der Waals surface area (Å²) < 4.78 is 0. The maximum Gasteiger partial charge on any atom is 0.0991 e. The van der Waals surface area contributed by atoms with E-state index in [4.69, 9.17) is 10.2 Å². The number of benzene rings is 6. The van der Waals surface area contributed by atoms with Gasteiger partial charge < -0.3 is 0 Å². The summed E-state index contributed by atoms with van der Waals surface area (Å²) in [6.45, 7) is 0. The molecule has 0 saturated carbocycles. The maximum atomic E-state index is 9.12. The van der Waals surface area contributed by atoms with E-state index in [1.54, 1.807) is 0 Å². The lowest BCUT2D eigenvalue weighted by molar-refractivity contribution is 1.37. The molecule has 0 bridgehead atoms. The molecule has 0 unspecified atom stereocenters. The summed E-state index contributed by atoms with van der Waals surface area (Å²) in [6.07, 6.45) is 1.83. The van der Waals surface area contributed by atoms with Crippen molar-refractivity contribution in [3.63, 3.8) is 0 Å². The lowest BCUT2D eigenvalue weighted by Crippen LogP contribution is -1.89. The highest BCUT2D eigenvalue weighted by Gasteiger charge is 2.09. The molecule has 0 aliphatic heterocycles. The zero-order chi connectivity index (χ0) is 28.0. The second kappa shape index (κ2) is 9.66. The summed E-state index contributed by atoms with van der Waals surface area (Å²) in [5.41, 5.74) is 9.18. The van der Waals surface area contributed by atoms with E-state index in [1.807, 2.05) is 36.5 Å². The third-order valence-electron chi connectivity index (χ3n) is 8.09. The highest BCUT2D eigenvalue weighted by Crippen LogP contribution is 2.32. The minimum atomic E-state index is 0.671. The van der Waals surface area contributed by atoms with E-state index in [-0.39, 0.29) is 0 Å². The number of hydrogen-bond donors (Lipinski definition) is 0. The number of nitriles is 1. The molecule has 0 saturated heterocycles. The van der Waals surface area contributed by atoms with Gasteiger partial charge in [-0.1, -0.05) is 84.9 Å². The maximum absolute atomic E-state index is 9.12. The fraction of sp³-hybridized carbons (Fsp3) is 0. The second-order valence-electron chi connectivity index (χ2n) is 10.7. The summed E-state index contributed by atoms with van der Waals surface area (Å²) in [5, 5.41) is 16.1. The van der Waals surface area contributed by atoms with Gasteiger partial charge in [-0.15, -0.1) is 0 Å². The Morgan fingerprint density at radius 3 is 1.67 bits per heavy atom. The molecule has 8 rings (SSSR count). The third-order valence-corrected chi connectivity index (χ3v) is 8.09. The number of nitrogens with zero attached hydrogens (tertiary/aromatic N) is 3. The standard InChI is InChI=1S/C39H23N3/c40-24-25-3-5-26(6-4-25)30-11-7-27-8-12-34(23-36(27)22-30)31-13-14-33-21-35(16-15-32(33)20-31)37-18-17-29-10-9-28-2-1-19-41-38(28)39(29)42-37/h1-23H. The topological polar surface area (TPSA) is 49.6 Å². The highest BCUT2D eigenvalue weighted by atomic mass is 14.7. The van der Waals surface area contributed by atoms with Crippen LogP contribution in [-0.4, -0.2) is 9.97 Å². The van der Waals surface area contributed by atoms with Gasteiger partial charge in [0.25, 0.3) is 0 Å². The van der Waals surface area contributed by atoms with Gasteiger partial charge in [0, 0.05) is 22.5 Å². The zero-order valence-electron chi connectivity index (χ0n) is 22.6. The minimum absolute atomic E-state index is 0.671. The van der Waals surface area contributed by atoms with Gasteiger partial charge in [-0.2, -0.15) is 5.26 Å². The van der Waals surface area contributed by atoms with Crippen molar-refractivity contribution in [2.75, 3.05) is 0 Å². The first-order valence-electron chi connectivity index (χ1n) is 14.0. The first-order valence-corrected chi connectivity index (χ1v) is 14.0. The van der Waals surface area contributed by atoms with E-state index in [0.717, 1.165) is 44.2 Å². The molecule has 42 heavy (non-hydrogen) atoms. The van der Waals surface area contributed by atoms with Gasteiger partial charge in [0.1, 0.15) is 0 Å². The van der Waals surface area contributed by atoms with Crippen molar-refractivity contribution in [1.82, 2.24) is 9.97 Å². The fourth-order valence-corrected chi connectivity index (χ4v) is 5.81. The number of rotatable bonds is 3. The fourth-order valence-electron chi connectivity index (χ4n) is 5.81. The third kappa shape index (κ3) is 4.15. The van der Waals surface area contributed by atoms with Gasteiger partial charge >= 0.3 is 0 Å². The molecule has 2 aromatic heterocycles. The van der Waals surface area contributed by atoms with Crippen molar-refractivity contribution >= 4 is 43.4 Å². The van der Waals surface area contributed by atoms with Crippen molar-refractivity contribution in [3.05, 3.63) is 145 Å². The van der Waals surface area contributed by atoms with Crippen LogP contribution in [0.15, 0.2) is 140 Å². The van der Waals surface area contributed by atoms with Crippen molar-refractivity contribution in [2.45, 2.75) is 0 Å². The Morgan fingerprint density at radius 1 is 0.429 bits per heavy atom. The van der Waals surface area contributed by atoms with Gasteiger partial charge in [0.15, 0.2) is 0 Å². The normalized spacial score (nSPS) is 11.3. The Bertz CT molecular complexity index is 2360. The lowest BCUT2D eigenvalue weighted by atomic mass is 9.95. The van der Waals surface area contributed by atoms with Crippen LogP contribution in [0, 0.1) is 11.3 Å². The van der Waals surface area contributed by atoms with E-state index in [2.05, 4.69) is 114 Å². The molecule has 0 aliphatic rings. The van der Waals surface area contributed by atoms with Crippen molar-refractivity contribution in [1.29, 1.82) is 5.26 Å². The number of pyridine rings is 2. The molecule has 194 valence electrons. The van der Waals surface area contributed by atoms with Gasteiger partial charge in [0.2, 0.25) is 0 Å². The highest BCUT2D eigenvalue weighted by molar-refractivity contribution is 6.03. The van der Waals surface area contributed by atoms with Crippen LogP contribution < -0.4 is 0 Å². The molecule has 0 fully saturated rings. The number of fused-ring (bicyclic) bond motifs is 5. The average molecular weight is 534 g/mol. The Balaban J connectivity index is 1.15. The Morgan fingerprint density at radius 2 is 0.952 bits per heavy atom. The van der Waals surface area contributed by atoms with E-state index >= 15 is 0 Å². The van der Waals surface area contributed by atoms with Gasteiger partial charge in [-0.25, -0.2) is 4.98 Å². The van der Waals surface area contributed by atoms with Gasteiger partial charge in [0.05, 0.1) is 28.4 Å².